The molecule has 0 radical (unpaired) electrons. The number of allylic oxidation sites excluding steroid dienone is 4. The van der Waals surface area contributed by atoms with Crippen LogP contribution in [0.15, 0.2) is 30.0 Å². The van der Waals surface area contributed by atoms with E-state index in [1.165, 1.54) is 12.2 Å². The summed E-state index contributed by atoms with van der Waals surface area (Å²) in [7, 11) is 0. The van der Waals surface area contributed by atoms with Crippen molar-refractivity contribution in [1.82, 2.24) is 9.55 Å². The molecule has 2 aliphatic carbocycles. The van der Waals surface area contributed by atoms with Crippen LogP contribution in [0.25, 0.3) is 0 Å². The van der Waals surface area contributed by atoms with Crippen LogP contribution in [-0.2, 0) is 6.54 Å². The van der Waals surface area contributed by atoms with E-state index in [1.54, 1.807) is 0 Å². The molecule has 0 saturated heterocycles. The zero-order valence-electron chi connectivity index (χ0n) is 9.62. The van der Waals surface area contributed by atoms with Gasteiger partial charge in [0.25, 0.3) is 0 Å². The lowest BCUT2D eigenvalue weighted by molar-refractivity contribution is 0.260. The molecule has 0 bridgehead atoms. The second-order valence-corrected chi connectivity index (χ2v) is 5.90. The van der Waals surface area contributed by atoms with Gasteiger partial charge in [-0.05, 0) is 30.8 Å². The third-order valence-electron chi connectivity index (χ3n) is 4.68. The van der Waals surface area contributed by atoms with Gasteiger partial charge < -0.3 is 9.55 Å². The van der Waals surface area contributed by atoms with Crippen LogP contribution >= 0.6 is 12.2 Å². The second kappa shape index (κ2) is 3.20. The Morgan fingerprint density at radius 2 is 2.17 bits per heavy atom. The zero-order valence-corrected chi connectivity index (χ0v) is 10.4. The van der Waals surface area contributed by atoms with E-state index in [9.17, 15) is 8.78 Å². The predicted molar refractivity (Wildman–Crippen MR) is 65.9 cm³/mol. The molecule has 2 nitrogen and oxygen atoms in total. The van der Waals surface area contributed by atoms with Gasteiger partial charge in [0.1, 0.15) is 11.7 Å². The minimum Gasteiger partial charge on any atom is -0.337 e. The number of rotatable bonds is 1. The van der Waals surface area contributed by atoms with Crippen LogP contribution in [0, 0.1) is 16.1 Å². The molecule has 94 valence electrons. The highest BCUT2D eigenvalue weighted by Gasteiger charge is 2.65. The number of H-pyrrole nitrogens is 1. The molecule has 3 atom stereocenters. The minimum absolute atomic E-state index is 0.135. The van der Waals surface area contributed by atoms with Crippen LogP contribution in [-0.4, -0.2) is 9.55 Å². The molecule has 1 aliphatic heterocycles. The van der Waals surface area contributed by atoms with Crippen molar-refractivity contribution in [3.05, 3.63) is 40.5 Å². The summed E-state index contributed by atoms with van der Waals surface area (Å²) < 4.78 is 30.1. The normalized spacial score (nSPS) is 36.8. The monoisotopic (exact) mass is 266 g/mol. The number of hydrogen-bond acceptors (Lipinski definition) is 1. The van der Waals surface area contributed by atoms with E-state index in [0.717, 1.165) is 12.1 Å². The van der Waals surface area contributed by atoms with E-state index in [2.05, 4.69) is 4.98 Å². The molecule has 1 aromatic heterocycles. The minimum atomic E-state index is -0.318. The first kappa shape index (κ1) is 10.7. The van der Waals surface area contributed by atoms with Gasteiger partial charge in [0.05, 0.1) is 0 Å². The second-order valence-electron chi connectivity index (χ2n) is 5.52. The number of nitrogens with one attached hydrogen (secondary N) is 1. The Morgan fingerprint density at radius 1 is 1.33 bits per heavy atom. The maximum Gasteiger partial charge on any atom is 0.177 e. The van der Waals surface area contributed by atoms with E-state index in [1.807, 2.05) is 10.8 Å². The molecule has 1 saturated carbocycles. The number of halogens is 2. The van der Waals surface area contributed by atoms with Crippen molar-refractivity contribution in [3.63, 3.8) is 0 Å². The van der Waals surface area contributed by atoms with Gasteiger partial charge in [0.2, 0.25) is 0 Å². The molecule has 4 rings (SSSR count). The summed E-state index contributed by atoms with van der Waals surface area (Å²) in [6.45, 7) is 0.717. The summed E-state index contributed by atoms with van der Waals surface area (Å²) in [4.78, 5) is 3.02. The number of nitrogens with zero attached hydrogens (tertiary/aromatic N) is 1. The van der Waals surface area contributed by atoms with Crippen molar-refractivity contribution in [2.24, 2.45) is 11.3 Å². The van der Waals surface area contributed by atoms with Gasteiger partial charge in [-0.15, -0.1) is 0 Å². The Bertz CT molecular complexity index is 654. The van der Waals surface area contributed by atoms with Gasteiger partial charge in [-0.3, -0.25) is 0 Å². The van der Waals surface area contributed by atoms with Crippen molar-refractivity contribution >= 4 is 12.2 Å². The molecule has 1 fully saturated rings. The van der Waals surface area contributed by atoms with Crippen LogP contribution in [0.4, 0.5) is 8.78 Å². The van der Waals surface area contributed by atoms with Crippen LogP contribution in [0.1, 0.15) is 24.5 Å². The SMILES string of the molecule is FC1=CC=C(F)C([C@@]23C[C@@H]2c2c[nH]c(=S)n2C3)C1. The van der Waals surface area contributed by atoms with E-state index in [-0.39, 0.29) is 29.4 Å². The molecule has 1 N–H and O–H groups in total. The first-order valence-electron chi connectivity index (χ1n) is 6.12. The summed E-state index contributed by atoms with van der Waals surface area (Å²) in [6, 6.07) is 0. The maximum atomic E-state index is 14.0. The molecule has 0 amide bonds. The molecule has 18 heavy (non-hydrogen) atoms. The number of hydrogen-bond donors (Lipinski definition) is 1. The van der Waals surface area contributed by atoms with Gasteiger partial charge in [0.15, 0.2) is 4.77 Å². The van der Waals surface area contributed by atoms with Crippen molar-refractivity contribution < 1.29 is 8.78 Å². The maximum absolute atomic E-state index is 14.0. The summed E-state index contributed by atoms with van der Waals surface area (Å²) >= 11 is 5.20. The van der Waals surface area contributed by atoms with Gasteiger partial charge in [-0.2, -0.15) is 0 Å². The fourth-order valence-electron chi connectivity index (χ4n) is 3.67. The zero-order chi connectivity index (χ0) is 12.5. The molecule has 5 heteroatoms. The molecule has 0 aromatic carbocycles. The summed E-state index contributed by atoms with van der Waals surface area (Å²) in [5, 5.41) is 0. The van der Waals surface area contributed by atoms with E-state index in [4.69, 9.17) is 12.2 Å². The van der Waals surface area contributed by atoms with Crippen molar-refractivity contribution in [3.8, 4) is 0 Å². The Hall–Kier alpha value is -1.23. The van der Waals surface area contributed by atoms with Gasteiger partial charge in [-0.25, -0.2) is 8.78 Å². The Morgan fingerprint density at radius 3 is 2.94 bits per heavy atom. The van der Waals surface area contributed by atoms with Crippen molar-refractivity contribution in [2.75, 3.05) is 0 Å². The topological polar surface area (TPSA) is 20.7 Å². The molecule has 2 heterocycles. The Balaban J connectivity index is 1.72. The highest BCUT2D eigenvalue weighted by molar-refractivity contribution is 7.71. The van der Waals surface area contributed by atoms with Crippen molar-refractivity contribution in [1.29, 1.82) is 0 Å². The Kier molecular flexibility index (Phi) is 1.90. The molecule has 0 spiro atoms. The standard InChI is InChI=1S/C13H12F2N2S/c14-7-1-2-10(15)8(3-7)13-4-9(13)11-5-16-12(18)17(11)6-13/h1-2,5,8-9H,3-4,6H2,(H,16,18)/t8?,9-,13+/m1/s1. The lowest BCUT2D eigenvalue weighted by Gasteiger charge is -2.25. The fourth-order valence-corrected chi connectivity index (χ4v) is 3.90. The Labute approximate surface area is 108 Å². The van der Waals surface area contributed by atoms with Crippen molar-refractivity contribution in [2.45, 2.75) is 25.3 Å². The molecule has 1 aromatic rings. The van der Waals surface area contributed by atoms with Gasteiger partial charge >= 0.3 is 0 Å². The number of imidazole rings is 1. The van der Waals surface area contributed by atoms with E-state index in [0.29, 0.717) is 17.2 Å². The van der Waals surface area contributed by atoms with Crippen LogP contribution in [0.3, 0.4) is 0 Å². The first-order chi connectivity index (χ1) is 8.62. The third kappa shape index (κ3) is 1.18. The number of fused-ring (bicyclic) bond motifs is 3. The quantitative estimate of drug-likeness (QED) is 0.768. The third-order valence-corrected chi connectivity index (χ3v) is 5.02. The molecule has 3 aliphatic rings. The van der Waals surface area contributed by atoms with Gasteiger partial charge in [-0.1, -0.05) is 0 Å². The van der Waals surface area contributed by atoms with E-state index >= 15 is 0 Å². The smallest absolute Gasteiger partial charge is 0.177 e. The highest BCUT2D eigenvalue weighted by atomic mass is 32.1. The van der Waals surface area contributed by atoms with Gasteiger partial charge in [0, 0.05) is 42.1 Å². The average molecular weight is 266 g/mol. The fraction of sp³-hybridized carbons (Fsp3) is 0.462. The summed E-state index contributed by atoms with van der Waals surface area (Å²) in [5.74, 6) is -0.384. The highest BCUT2D eigenvalue weighted by Crippen LogP contribution is 2.71. The summed E-state index contributed by atoms with van der Waals surface area (Å²) in [5.41, 5.74) is 1.02. The molecule has 1 unspecified atom stereocenters. The molecular formula is C13H12F2N2S. The van der Waals surface area contributed by atoms with Crippen LogP contribution in [0.5, 0.6) is 0 Å². The molecular weight excluding hydrogens is 254 g/mol. The largest absolute Gasteiger partial charge is 0.337 e. The van der Waals surface area contributed by atoms with Crippen LogP contribution in [0.2, 0.25) is 0 Å². The summed E-state index contributed by atoms with van der Waals surface area (Å²) in [6.07, 6.45) is 5.57. The van der Waals surface area contributed by atoms with Crippen LogP contribution < -0.4 is 0 Å². The van der Waals surface area contributed by atoms with E-state index < -0.39 is 0 Å². The average Bonchev–Trinajstić information content (AvgIpc) is 2.82. The lowest BCUT2D eigenvalue weighted by atomic mass is 9.81. The number of aromatic nitrogens is 2. The first-order valence-corrected chi connectivity index (χ1v) is 6.52. The number of aromatic amines is 1. The predicted octanol–water partition coefficient (Wildman–Crippen LogP) is 3.76. The lowest BCUT2D eigenvalue weighted by Crippen LogP contribution is -2.22.